The molecule has 3 rings (SSSR count). The van der Waals surface area contributed by atoms with Crippen molar-refractivity contribution < 1.29 is 13.2 Å². The van der Waals surface area contributed by atoms with Crippen molar-refractivity contribution in [2.45, 2.75) is 11.4 Å². The van der Waals surface area contributed by atoms with Gasteiger partial charge in [0.25, 0.3) is 15.9 Å². The normalized spacial score (nSPS) is 10.7. The van der Waals surface area contributed by atoms with Gasteiger partial charge in [-0.2, -0.15) is 5.26 Å². The van der Waals surface area contributed by atoms with Gasteiger partial charge < -0.3 is 5.32 Å². The molecular formula is C21H17N3O3S. The summed E-state index contributed by atoms with van der Waals surface area (Å²) in [6.45, 7) is 0.306. The monoisotopic (exact) mass is 391 g/mol. The number of hydrogen-bond donors (Lipinski definition) is 2. The zero-order valence-corrected chi connectivity index (χ0v) is 15.6. The molecule has 0 radical (unpaired) electrons. The molecule has 0 fully saturated rings. The van der Waals surface area contributed by atoms with Crippen LogP contribution in [-0.2, 0) is 16.6 Å². The number of para-hydroxylation sites is 1. The number of sulfonamides is 1. The summed E-state index contributed by atoms with van der Waals surface area (Å²) in [4.78, 5) is 12.3. The first-order valence-electron chi connectivity index (χ1n) is 8.43. The van der Waals surface area contributed by atoms with Crippen LogP contribution in [0.3, 0.4) is 0 Å². The number of nitriles is 1. The molecule has 1 amide bonds. The minimum atomic E-state index is -3.73. The molecule has 0 bridgehead atoms. The lowest BCUT2D eigenvalue weighted by atomic mass is 10.1. The molecule has 28 heavy (non-hydrogen) atoms. The van der Waals surface area contributed by atoms with Crippen LogP contribution < -0.4 is 10.0 Å². The third-order valence-electron chi connectivity index (χ3n) is 3.99. The van der Waals surface area contributed by atoms with Crippen molar-refractivity contribution in [2.24, 2.45) is 0 Å². The summed E-state index contributed by atoms with van der Waals surface area (Å²) >= 11 is 0. The minimum Gasteiger partial charge on any atom is -0.348 e. The van der Waals surface area contributed by atoms with E-state index in [1.807, 2.05) is 6.07 Å². The van der Waals surface area contributed by atoms with Gasteiger partial charge in [0.2, 0.25) is 0 Å². The number of nitrogens with one attached hydrogen (secondary N) is 2. The van der Waals surface area contributed by atoms with E-state index in [0.717, 1.165) is 5.56 Å². The van der Waals surface area contributed by atoms with Crippen LogP contribution in [0.2, 0.25) is 0 Å². The van der Waals surface area contributed by atoms with Crippen LogP contribution in [-0.4, -0.2) is 14.3 Å². The summed E-state index contributed by atoms with van der Waals surface area (Å²) in [7, 11) is -3.73. The molecule has 3 aromatic carbocycles. The third-order valence-corrected chi connectivity index (χ3v) is 5.39. The Morgan fingerprint density at radius 2 is 1.54 bits per heavy atom. The Kier molecular flexibility index (Phi) is 5.72. The lowest BCUT2D eigenvalue weighted by molar-refractivity contribution is 0.0951. The molecule has 2 N–H and O–H groups in total. The SMILES string of the molecule is N#Cc1ccc(CNC(=O)c2ccc(S(=O)(=O)Nc3ccccc3)cc2)cc1. The maximum Gasteiger partial charge on any atom is 0.261 e. The van der Waals surface area contributed by atoms with Crippen LogP contribution in [0.25, 0.3) is 0 Å². The first-order valence-corrected chi connectivity index (χ1v) is 9.91. The van der Waals surface area contributed by atoms with Crippen molar-refractivity contribution in [3.8, 4) is 6.07 Å². The maximum absolute atomic E-state index is 12.4. The van der Waals surface area contributed by atoms with Gasteiger partial charge in [-0.25, -0.2) is 8.42 Å². The molecule has 0 aliphatic carbocycles. The number of benzene rings is 3. The summed E-state index contributed by atoms with van der Waals surface area (Å²) in [6, 6.07) is 23.2. The van der Waals surface area contributed by atoms with Crippen LogP contribution in [0.15, 0.2) is 83.8 Å². The van der Waals surface area contributed by atoms with Crippen molar-refractivity contribution in [3.05, 3.63) is 95.6 Å². The number of anilines is 1. The van der Waals surface area contributed by atoms with Gasteiger partial charge in [0.1, 0.15) is 0 Å². The van der Waals surface area contributed by atoms with Crippen LogP contribution in [0.5, 0.6) is 0 Å². The second kappa shape index (κ2) is 8.37. The number of rotatable bonds is 6. The summed E-state index contributed by atoms with van der Waals surface area (Å²) in [5, 5.41) is 11.6. The van der Waals surface area contributed by atoms with E-state index in [-0.39, 0.29) is 10.8 Å². The fourth-order valence-electron chi connectivity index (χ4n) is 2.49. The second-order valence-electron chi connectivity index (χ2n) is 5.99. The van der Waals surface area contributed by atoms with Crippen LogP contribution in [0.1, 0.15) is 21.5 Å². The predicted octanol–water partition coefficient (Wildman–Crippen LogP) is 3.29. The smallest absolute Gasteiger partial charge is 0.261 e. The molecule has 6 nitrogen and oxygen atoms in total. The fourth-order valence-corrected chi connectivity index (χ4v) is 3.55. The van der Waals surface area contributed by atoms with Gasteiger partial charge in [-0.15, -0.1) is 0 Å². The average Bonchev–Trinajstić information content (AvgIpc) is 2.73. The van der Waals surface area contributed by atoms with E-state index in [4.69, 9.17) is 5.26 Å². The summed E-state index contributed by atoms with van der Waals surface area (Å²) in [6.07, 6.45) is 0. The van der Waals surface area contributed by atoms with Gasteiger partial charge in [-0.1, -0.05) is 30.3 Å². The molecular weight excluding hydrogens is 374 g/mol. The molecule has 0 spiro atoms. The summed E-state index contributed by atoms with van der Waals surface area (Å²) in [5.41, 5.74) is 2.23. The molecule has 0 aliphatic heterocycles. The largest absolute Gasteiger partial charge is 0.348 e. The Morgan fingerprint density at radius 3 is 2.14 bits per heavy atom. The van der Waals surface area contributed by atoms with Gasteiger partial charge in [0.15, 0.2) is 0 Å². The molecule has 3 aromatic rings. The van der Waals surface area contributed by atoms with Gasteiger partial charge in [0, 0.05) is 17.8 Å². The van der Waals surface area contributed by atoms with E-state index in [9.17, 15) is 13.2 Å². The molecule has 0 saturated carbocycles. The van der Waals surface area contributed by atoms with E-state index in [0.29, 0.717) is 23.4 Å². The first kappa shape index (κ1) is 19.1. The maximum atomic E-state index is 12.4. The number of nitrogens with zero attached hydrogens (tertiary/aromatic N) is 1. The van der Waals surface area contributed by atoms with Crippen LogP contribution in [0, 0.1) is 11.3 Å². The molecule has 0 heterocycles. The van der Waals surface area contributed by atoms with Crippen molar-refractivity contribution in [1.29, 1.82) is 5.26 Å². The first-order chi connectivity index (χ1) is 13.5. The number of amides is 1. The van der Waals surface area contributed by atoms with Crippen molar-refractivity contribution in [3.63, 3.8) is 0 Å². The summed E-state index contributed by atoms with van der Waals surface area (Å²) < 4.78 is 27.3. The van der Waals surface area contributed by atoms with Gasteiger partial charge in [-0.05, 0) is 54.1 Å². The highest BCUT2D eigenvalue weighted by Crippen LogP contribution is 2.16. The van der Waals surface area contributed by atoms with Crippen molar-refractivity contribution in [1.82, 2.24) is 5.32 Å². The molecule has 0 saturated heterocycles. The minimum absolute atomic E-state index is 0.0694. The Labute approximate surface area is 163 Å². The van der Waals surface area contributed by atoms with Gasteiger partial charge >= 0.3 is 0 Å². The summed E-state index contributed by atoms with van der Waals surface area (Å²) in [5.74, 6) is -0.315. The van der Waals surface area contributed by atoms with Gasteiger partial charge in [0.05, 0.1) is 16.5 Å². The lowest BCUT2D eigenvalue weighted by Gasteiger charge is -2.09. The number of carbonyl (C=O) groups excluding carboxylic acids is 1. The Morgan fingerprint density at radius 1 is 0.893 bits per heavy atom. The standard InChI is InChI=1S/C21H17N3O3S/c22-14-16-6-8-17(9-7-16)15-23-21(25)18-10-12-20(13-11-18)28(26,27)24-19-4-2-1-3-5-19/h1-13,24H,15H2,(H,23,25). The van der Waals surface area contributed by atoms with Gasteiger partial charge in [-0.3, -0.25) is 9.52 Å². The molecule has 0 unspecified atom stereocenters. The molecule has 0 aromatic heterocycles. The quantitative estimate of drug-likeness (QED) is 0.673. The van der Waals surface area contributed by atoms with Crippen molar-refractivity contribution >= 4 is 21.6 Å². The molecule has 0 atom stereocenters. The van der Waals surface area contributed by atoms with Crippen LogP contribution in [0.4, 0.5) is 5.69 Å². The third kappa shape index (κ3) is 4.75. The van der Waals surface area contributed by atoms with E-state index in [2.05, 4.69) is 10.0 Å². The van der Waals surface area contributed by atoms with E-state index >= 15 is 0 Å². The lowest BCUT2D eigenvalue weighted by Crippen LogP contribution is -2.23. The topological polar surface area (TPSA) is 99.1 Å². The molecule has 0 aliphatic rings. The highest BCUT2D eigenvalue weighted by atomic mass is 32.2. The Bertz CT molecular complexity index is 1100. The van der Waals surface area contributed by atoms with E-state index in [1.54, 1.807) is 54.6 Å². The zero-order chi connectivity index (χ0) is 20.0. The second-order valence-corrected chi connectivity index (χ2v) is 7.67. The zero-order valence-electron chi connectivity index (χ0n) is 14.8. The van der Waals surface area contributed by atoms with Crippen LogP contribution >= 0.6 is 0 Å². The van der Waals surface area contributed by atoms with Crippen molar-refractivity contribution in [2.75, 3.05) is 4.72 Å². The number of carbonyl (C=O) groups is 1. The highest BCUT2D eigenvalue weighted by molar-refractivity contribution is 7.92. The van der Waals surface area contributed by atoms with E-state index < -0.39 is 10.0 Å². The highest BCUT2D eigenvalue weighted by Gasteiger charge is 2.15. The average molecular weight is 391 g/mol. The molecule has 7 heteroatoms. The number of hydrogen-bond acceptors (Lipinski definition) is 4. The predicted molar refractivity (Wildman–Crippen MR) is 106 cm³/mol. The van der Waals surface area contributed by atoms with E-state index in [1.165, 1.54) is 24.3 Å². The fraction of sp³-hybridized carbons (Fsp3) is 0.0476. The molecule has 140 valence electrons. The Hall–Kier alpha value is -3.63. The Balaban J connectivity index is 1.64.